The van der Waals surface area contributed by atoms with E-state index in [0.717, 1.165) is 0 Å². The second-order valence-electron chi connectivity index (χ2n) is 4.25. The molecule has 1 aliphatic heterocycles. The highest BCUT2D eigenvalue weighted by Crippen LogP contribution is 2.46. The summed E-state index contributed by atoms with van der Waals surface area (Å²) in [6, 6.07) is 0. The van der Waals surface area contributed by atoms with E-state index in [-0.39, 0.29) is 5.60 Å². The Morgan fingerprint density at radius 1 is 1.64 bits per heavy atom. The highest BCUT2D eigenvalue weighted by molar-refractivity contribution is 5.23. The fourth-order valence-electron chi connectivity index (χ4n) is 1.82. The molecule has 2 rings (SSSR count). The molecule has 0 aromatic rings. The zero-order chi connectivity index (χ0) is 8.06. The van der Waals surface area contributed by atoms with E-state index in [1.165, 1.54) is 12.8 Å². The molecule has 1 saturated heterocycles. The molecule has 0 radical (unpaired) electrons. The molecule has 1 aliphatic carbocycles. The average Bonchev–Trinajstić information content (AvgIpc) is 2.58. The number of hydrogen-bond acceptors (Lipinski definition) is 1. The minimum absolute atomic E-state index is 0.235. The lowest BCUT2D eigenvalue weighted by atomic mass is 9.86. The van der Waals surface area contributed by atoms with Crippen molar-refractivity contribution in [3.63, 3.8) is 0 Å². The SMILES string of the molecule is CC(C)C1=C[C@@H]2OC2(C)CC1. The molecule has 0 aromatic carbocycles. The Bertz CT molecular complexity index is 205. The summed E-state index contributed by atoms with van der Waals surface area (Å²) < 4.78 is 5.57. The minimum Gasteiger partial charge on any atom is -0.362 e. The topological polar surface area (TPSA) is 12.5 Å². The first-order valence-corrected chi connectivity index (χ1v) is 4.50. The van der Waals surface area contributed by atoms with Crippen LogP contribution in [0.15, 0.2) is 11.6 Å². The van der Waals surface area contributed by atoms with Crippen LogP contribution < -0.4 is 0 Å². The van der Waals surface area contributed by atoms with Crippen LogP contribution in [0.4, 0.5) is 0 Å². The van der Waals surface area contributed by atoms with Crippen LogP contribution in [-0.2, 0) is 4.74 Å². The van der Waals surface area contributed by atoms with Crippen LogP contribution in [-0.4, -0.2) is 11.7 Å². The lowest BCUT2D eigenvalue weighted by molar-refractivity contribution is 0.305. The summed E-state index contributed by atoms with van der Waals surface area (Å²) >= 11 is 0. The molecule has 11 heavy (non-hydrogen) atoms. The Balaban J connectivity index is 2.11. The van der Waals surface area contributed by atoms with Gasteiger partial charge in [0.2, 0.25) is 0 Å². The van der Waals surface area contributed by atoms with E-state index in [0.29, 0.717) is 12.0 Å². The van der Waals surface area contributed by atoms with Crippen LogP contribution in [0, 0.1) is 5.92 Å². The number of ether oxygens (including phenoxy) is 1. The van der Waals surface area contributed by atoms with Gasteiger partial charge in [-0.1, -0.05) is 25.5 Å². The van der Waals surface area contributed by atoms with Crippen molar-refractivity contribution in [2.24, 2.45) is 5.92 Å². The van der Waals surface area contributed by atoms with E-state index >= 15 is 0 Å². The van der Waals surface area contributed by atoms with Gasteiger partial charge in [0.25, 0.3) is 0 Å². The van der Waals surface area contributed by atoms with Crippen LogP contribution in [0.3, 0.4) is 0 Å². The average molecular weight is 152 g/mol. The van der Waals surface area contributed by atoms with Gasteiger partial charge in [-0.25, -0.2) is 0 Å². The molecule has 1 unspecified atom stereocenters. The first-order valence-electron chi connectivity index (χ1n) is 4.50. The van der Waals surface area contributed by atoms with Crippen molar-refractivity contribution >= 4 is 0 Å². The third-order valence-corrected chi connectivity index (χ3v) is 2.96. The van der Waals surface area contributed by atoms with Crippen molar-refractivity contribution in [3.8, 4) is 0 Å². The maximum atomic E-state index is 5.57. The van der Waals surface area contributed by atoms with Gasteiger partial charge in [-0.05, 0) is 25.7 Å². The maximum Gasteiger partial charge on any atom is 0.105 e. The summed E-state index contributed by atoms with van der Waals surface area (Å²) in [6.07, 6.45) is 5.24. The van der Waals surface area contributed by atoms with Crippen LogP contribution >= 0.6 is 0 Å². The highest BCUT2D eigenvalue weighted by atomic mass is 16.6. The Labute approximate surface area is 68.4 Å². The smallest absolute Gasteiger partial charge is 0.105 e. The summed E-state index contributed by atoms with van der Waals surface area (Å²) in [7, 11) is 0. The highest BCUT2D eigenvalue weighted by Gasteiger charge is 2.52. The van der Waals surface area contributed by atoms with Crippen molar-refractivity contribution < 1.29 is 4.74 Å². The van der Waals surface area contributed by atoms with Gasteiger partial charge in [0, 0.05) is 0 Å². The molecule has 0 N–H and O–H groups in total. The molecule has 1 heterocycles. The summed E-state index contributed by atoms with van der Waals surface area (Å²) in [5.74, 6) is 0.712. The van der Waals surface area contributed by atoms with Gasteiger partial charge in [0.15, 0.2) is 0 Å². The normalized spacial score (nSPS) is 41.8. The zero-order valence-electron chi connectivity index (χ0n) is 7.55. The molecule has 0 bridgehead atoms. The number of fused-ring (bicyclic) bond motifs is 1. The maximum absolute atomic E-state index is 5.57. The van der Waals surface area contributed by atoms with Crippen LogP contribution in [0.1, 0.15) is 33.6 Å². The Morgan fingerprint density at radius 2 is 2.36 bits per heavy atom. The first kappa shape index (κ1) is 7.35. The summed E-state index contributed by atoms with van der Waals surface area (Å²) in [4.78, 5) is 0. The first-order chi connectivity index (χ1) is 5.12. The third-order valence-electron chi connectivity index (χ3n) is 2.96. The van der Waals surface area contributed by atoms with Crippen molar-refractivity contribution in [1.82, 2.24) is 0 Å². The molecule has 0 aromatic heterocycles. The van der Waals surface area contributed by atoms with E-state index in [1.54, 1.807) is 5.57 Å². The Hall–Kier alpha value is -0.300. The fraction of sp³-hybridized carbons (Fsp3) is 0.800. The van der Waals surface area contributed by atoms with Crippen LogP contribution in [0.2, 0.25) is 0 Å². The zero-order valence-corrected chi connectivity index (χ0v) is 7.55. The fourth-order valence-corrected chi connectivity index (χ4v) is 1.82. The molecule has 0 amide bonds. The monoisotopic (exact) mass is 152 g/mol. The predicted octanol–water partition coefficient (Wildman–Crippen LogP) is 2.52. The van der Waals surface area contributed by atoms with E-state index in [9.17, 15) is 0 Å². The van der Waals surface area contributed by atoms with E-state index in [2.05, 4.69) is 26.8 Å². The van der Waals surface area contributed by atoms with Crippen molar-refractivity contribution in [2.75, 3.05) is 0 Å². The second kappa shape index (κ2) is 2.10. The lowest BCUT2D eigenvalue weighted by Gasteiger charge is -2.16. The largest absolute Gasteiger partial charge is 0.362 e. The quantitative estimate of drug-likeness (QED) is 0.415. The molecular weight excluding hydrogens is 136 g/mol. The molecule has 0 spiro atoms. The third kappa shape index (κ3) is 1.12. The van der Waals surface area contributed by atoms with Crippen molar-refractivity contribution in [2.45, 2.75) is 45.3 Å². The molecule has 2 atom stereocenters. The van der Waals surface area contributed by atoms with Gasteiger partial charge < -0.3 is 4.74 Å². The lowest BCUT2D eigenvalue weighted by Crippen LogP contribution is -2.15. The van der Waals surface area contributed by atoms with E-state index in [1.807, 2.05) is 0 Å². The molecule has 62 valence electrons. The minimum atomic E-state index is 0.235. The summed E-state index contributed by atoms with van der Waals surface area (Å²) in [5, 5.41) is 0. The van der Waals surface area contributed by atoms with E-state index in [4.69, 9.17) is 4.74 Å². The Morgan fingerprint density at radius 3 is 2.91 bits per heavy atom. The summed E-state index contributed by atoms with van der Waals surface area (Å²) in [5.41, 5.74) is 1.82. The second-order valence-corrected chi connectivity index (χ2v) is 4.25. The van der Waals surface area contributed by atoms with Gasteiger partial charge in [-0.3, -0.25) is 0 Å². The molecule has 1 nitrogen and oxygen atoms in total. The predicted molar refractivity (Wildman–Crippen MR) is 45.4 cm³/mol. The van der Waals surface area contributed by atoms with Gasteiger partial charge in [0.05, 0.1) is 5.60 Å². The van der Waals surface area contributed by atoms with Crippen molar-refractivity contribution in [1.29, 1.82) is 0 Å². The number of epoxide rings is 1. The van der Waals surface area contributed by atoms with Crippen LogP contribution in [0.5, 0.6) is 0 Å². The summed E-state index contributed by atoms with van der Waals surface area (Å²) in [6.45, 7) is 6.74. The van der Waals surface area contributed by atoms with E-state index < -0.39 is 0 Å². The van der Waals surface area contributed by atoms with Crippen LogP contribution in [0.25, 0.3) is 0 Å². The molecular formula is C10H16O. The number of rotatable bonds is 1. The molecule has 2 aliphatic rings. The van der Waals surface area contributed by atoms with Gasteiger partial charge in [0.1, 0.15) is 6.10 Å². The molecule has 1 heteroatoms. The van der Waals surface area contributed by atoms with Gasteiger partial charge >= 0.3 is 0 Å². The van der Waals surface area contributed by atoms with Gasteiger partial charge in [-0.2, -0.15) is 0 Å². The molecule has 1 fully saturated rings. The Kier molecular flexibility index (Phi) is 1.40. The number of allylic oxidation sites excluding steroid dienone is 1. The molecule has 0 saturated carbocycles. The number of hydrogen-bond donors (Lipinski definition) is 0. The van der Waals surface area contributed by atoms with Gasteiger partial charge in [-0.15, -0.1) is 0 Å². The van der Waals surface area contributed by atoms with Crippen molar-refractivity contribution in [3.05, 3.63) is 11.6 Å². The standard InChI is InChI=1S/C10H16O/c1-7(2)8-4-5-10(3)9(6-8)11-10/h6-7,9H,4-5H2,1-3H3/t9-,10?/m0/s1.